The van der Waals surface area contributed by atoms with Crippen molar-refractivity contribution in [3.8, 4) is 0 Å². The molecule has 9 heteroatoms. The lowest BCUT2D eigenvalue weighted by Gasteiger charge is -2.15. The monoisotopic (exact) mass is 419 g/mol. The summed E-state index contributed by atoms with van der Waals surface area (Å²) in [5.74, 6) is -1.48. The normalized spacial score (nSPS) is 12.4. The summed E-state index contributed by atoms with van der Waals surface area (Å²) in [5, 5.41) is 2.67. The van der Waals surface area contributed by atoms with Gasteiger partial charge in [-0.1, -0.05) is 35.3 Å². The Kier molecular flexibility index (Phi) is 6.73. The second-order valence-electron chi connectivity index (χ2n) is 5.62. The number of hydrogen-bond acceptors (Lipinski definition) is 3. The number of anilines is 1. The highest BCUT2D eigenvalue weighted by molar-refractivity contribution is 6.33. The standard InChI is InChI=1S/C18H14Cl2F3NO3/c1-10(27-16(25)8-11-2-5-13(19)6-3-11)17(26)24-15-9-12(18(21,22)23)4-7-14(15)20/h2-7,9-10H,8H2,1H3,(H,24,26)/t10-/m0/s1. The molecule has 0 saturated heterocycles. The minimum Gasteiger partial charge on any atom is -0.452 e. The van der Waals surface area contributed by atoms with E-state index in [-0.39, 0.29) is 17.1 Å². The van der Waals surface area contributed by atoms with E-state index in [1.54, 1.807) is 24.3 Å². The number of alkyl halides is 3. The van der Waals surface area contributed by atoms with Crippen LogP contribution < -0.4 is 5.32 Å². The number of rotatable bonds is 5. The molecule has 0 aromatic heterocycles. The van der Waals surface area contributed by atoms with Crippen LogP contribution in [-0.2, 0) is 26.9 Å². The minimum absolute atomic E-state index is 0.0731. The molecule has 0 radical (unpaired) electrons. The molecule has 0 bridgehead atoms. The van der Waals surface area contributed by atoms with E-state index in [0.29, 0.717) is 16.7 Å². The van der Waals surface area contributed by atoms with Gasteiger partial charge in [0.1, 0.15) is 0 Å². The molecule has 2 aromatic carbocycles. The van der Waals surface area contributed by atoms with E-state index < -0.39 is 29.7 Å². The number of esters is 1. The Morgan fingerprint density at radius 3 is 2.33 bits per heavy atom. The van der Waals surface area contributed by atoms with Crippen LogP contribution >= 0.6 is 23.2 Å². The van der Waals surface area contributed by atoms with E-state index in [4.69, 9.17) is 27.9 Å². The molecule has 0 unspecified atom stereocenters. The molecule has 0 heterocycles. The molecule has 144 valence electrons. The van der Waals surface area contributed by atoms with Crippen LogP contribution in [0.4, 0.5) is 18.9 Å². The second-order valence-corrected chi connectivity index (χ2v) is 6.46. The van der Waals surface area contributed by atoms with Gasteiger partial charge in [-0.25, -0.2) is 0 Å². The molecule has 0 aliphatic heterocycles. The zero-order chi connectivity index (χ0) is 20.2. The number of nitrogens with one attached hydrogen (secondary N) is 1. The molecule has 0 saturated carbocycles. The zero-order valence-corrected chi connectivity index (χ0v) is 15.5. The van der Waals surface area contributed by atoms with Gasteiger partial charge in [0, 0.05) is 5.02 Å². The van der Waals surface area contributed by atoms with Crippen LogP contribution in [0.5, 0.6) is 0 Å². The molecule has 0 spiro atoms. The van der Waals surface area contributed by atoms with Crippen LogP contribution in [0.15, 0.2) is 42.5 Å². The van der Waals surface area contributed by atoms with Gasteiger partial charge in [-0.2, -0.15) is 13.2 Å². The van der Waals surface area contributed by atoms with Gasteiger partial charge in [-0.05, 0) is 42.8 Å². The Balaban J connectivity index is 1.99. The van der Waals surface area contributed by atoms with Crippen LogP contribution in [0.2, 0.25) is 10.0 Å². The first-order chi connectivity index (χ1) is 12.6. The number of benzene rings is 2. The van der Waals surface area contributed by atoms with Gasteiger partial charge in [0.25, 0.3) is 5.91 Å². The van der Waals surface area contributed by atoms with Gasteiger partial charge < -0.3 is 10.1 Å². The molecule has 0 fully saturated rings. The lowest BCUT2D eigenvalue weighted by Crippen LogP contribution is -2.30. The first-order valence-electron chi connectivity index (χ1n) is 7.68. The van der Waals surface area contributed by atoms with Crippen molar-refractivity contribution in [1.29, 1.82) is 0 Å². The number of carbonyl (C=O) groups excluding carboxylic acids is 2. The fraction of sp³-hybridized carbons (Fsp3) is 0.222. The highest BCUT2D eigenvalue weighted by Gasteiger charge is 2.31. The van der Waals surface area contributed by atoms with E-state index in [1.165, 1.54) is 6.92 Å². The molecular formula is C18H14Cl2F3NO3. The molecule has 4 nitrogen and oxygen atoms in total. The van der Waals surface area contributed by atoms with Crippen molar-refractivity contribution in [2.24, 2.45) is 0 Å². The number of hydrogen-bond donors (Lipinski definition) is 1. The summed E-state index contributed by atoms with van der Waals surface area (Å²) in [5.41, 5.74) is -0.551. The minimum atomic E-state index is -4.58. The lowest BCUT2D eigenvalue weighted by atomic mass is 10.1. The van der Waals surface area contributed by atoms with Crippen LogP contribution in [0.1, 0.15) is 18.1 Å². The predicted molar refractivity (Wildman–Crippen MR) is 95.8 cm³/mol. The number of ether oxygens (including phenoxy) is 1. The molecule has 2 aromatic rings. The first kappa shape index (κ1) is 21.1. The largest absolute Gasteiger partial charge is 0.452 e. The molecule has 1 atom stereocenters. The smallest absolute Gasteiger partial charge is 0.416 e. The third kappa shape index (κ3) is 6.15. The summed E-state index contributed by atoms with van der Waals surface area (Å²) in [6.07, 6.45) is -5.89. The average Bonchev–Trinajstić information content (AvgIpc) is 2.57. The maximum Gasteiger partial charge on any atom is 0.416 e. The summed E-state index contributed by atoms with van der Waals surface area (Å²) in [6, 6.07) is 9.02. The van der Waals surface area contributed by atoms with Gasteiger partial charge >= 0.3 is 12.1 Å². The van der Waals surface area contributed by atoms with E-state index >= 15 is 0 Å². The Bertz CT molecular complexity index is 839. The summed E-state index contributed by atoms with van der Waals surface area (Å²) in [4.78, 5) is 24.0. The fourth-order valence-corrected chi connectivity index (χ4v) is 2.38. The number of halogens is 5. The van der Waals surface area contributed by atoms with Crippen LogP contribution in [-0.4, -0.2) is 18.0 Å². The van der Waals surface area contributed by atoms with Crippen LogP contribution in [0.25, 0.3) is 0 Å². The van der Waals surface area contributed by atoms with E-state index in [0.717, 1.165) is 12.1 Å². The quantitative estimate of drug-likeness (QED) is 0.683. The van der Waals surface area contributed by atoms with Crippen molar-refractivity contribution in [3.63, 3.8) is 0 Å². The summed E-state index contributed by atoms with van der Waals surface area (Å²) >= 11 is 11.6. The van der Waals surface area contributed by atoms with E-state index in [2.05, 4.69) is 5.32 Å². The lowest BCUT2D eigenvalue weighted by molar-refractivity contribution is -0.152. The summed E-state index contributed by atoms with van der Waals surface area (Å²) in [7, 11) is 0. The SMILES string of the molecule is C[C@H](OC(=O)Cc1ccc(Cl)cc1)C(=O)Nc1cc(C(F)(F)F)ccc1Cl. The Labute approximate surface area is 163 Å². The molecule has 27 heavy (non-hydrogen) atoms. The van der Waals surface area contributed by atoms with Gasteiger partial charge in [0.05, 0.1) is 22.7 Å². The Hall–Kier alpha value is -2.25. The molecule has 2 rings (SSSR count). The molecule has 0 aliphatic rings. The highest BCUT2D eigenvalue weighted by atomic mass is 35.5. The molecule has 0 aliphatic carbocycles. The van der Waals surface area contributed by atoms with Crippen LogP contribution in [0.3, 0.4) is 0 Å². The molecule has 1 N–H and O–H groups in total. The van der Waals surface area contributed by atoms with Gasteiger partial charge in [-0.3, -0.25) is 9.59 Å². The summed E-state index contributed by atoms with van der Waals surface area (Å²) in [6.45, 7) is 1.30. The fourth-order valence-electron chi connectivity index (χ4n) is 2.09. The number of amides is 1. The molecule has 1 amide bonds. The van der Waals surface area contributed by atoms with Crippen molar-refractivity contribution in [3.05, 3.63) is 63.6 Å². The Morgan fingerprint density at radius 2 is 1.74 bits per heavy atom. The summed E-state index contributed by atoms with van der Waals surface area (Å²) < 4.78 is 43.3. The van der Waals surface area contributed by atoms with E-state index in [9.17, 15) is 22.8 Å². The average molecular weight is 420 g/mol. The molecular weight excluding hydrogens is 406 g/mol. The van der Waals surface area contributed by atoms with Crippen molar-refractivity contribution in [1.82, 2.24) is 0 Å². The number of carbonyl (C=O) groups is 2. The van der Waals surface area contributed by atoms with Crippen molar-refractivity contribution in [2.45, 2.75) is 25.6 Å². The third-order valence-electron chi connectivity index (χ3n) is 3.49. The maximum absolute atomic E-state index is 12.8. The van der Waals surface area contributed by atoms with Gasteiger partial charge in [-0.15, -0.1) is 0 Å². The van der Waals surface area contributed by atoms with Gasteiger partial charge in [0.15, 0.2) is 6.10 Å². The topological polar surface area (TPSA) is 55.4 Å². The Morgan fingerprint density at radius 1 is 1.11 bits per heavy atom. The zero-order valence-electron chi connectivity index (χ0n) is 13.9. The van der Waals surface area contributed by atoms with E-state index in [1.807, 2.05) is 0 Å². The second kappa shape index (κ2) is 8.63. The van der Waals surface area contributed by atoms with Crippen LogP contribution in [0, 0.1) is 0 Å². The van der Waals surface area contributed by atoms with Crippen molar-refractivity contribution in [2.75, 3.05) is 5.32 Å². The highest BCUT2D eigenvalue weighted by Crippen LogP contribution is 2.33. The van der Waals surface area contributed by atoms with Gasteiger partial charge in [0.2, 0.25) is 0 Å². The maximum atomic E-state index is 12.8. The third-order valence-corrected chi connectivity index (χ3v) is 4.07. The van der Waals surface area contributed by atoms with Crippen molar-refractivity contribution >= 4 is 40.8 Å². The predicted octanol–water partition coefficient (Wildman–Crippen LogP) is 5.13. The first-order valence-corrected chi connectivity index (χ1v) is 8.43. The van der Waals surface area contributed by atoms with Crippen molar-refractivity contribution < 1.29 is 27.5 Å².